The van der Waals surface area contributed by atoms with Gasteiger partial charge in [0.25, 0.3) is 0 Å². The third kappa shape index (κ3) is 4.64. The maximum Gasteiger partial charge on any atom is 0.573 e. The summed E-state index contributed by atoms with van der Waals surface area (Å²) in [6.07, 6.45) is -4.84. The Morgan fingerprint density at radius 1 is 1.33 bits per heavy atom. The lowest BCUT2D eigenvalue weighted by molar-refractivity contribution is -0.274. The number of aromatic hydroxyl groups is 1. The maximum absolute atomic E-state index is 12.5. The molecule has 2 heterocycles. The first-order valence-electron chi connectivity index (χ1n) is 7.87. The van der Waals surface area contributed by atoms with Gasteiger partial charge in [-0.05, 0) is 30.4 Å². The second-order valence-corrected chi connectivity index (χ2v) is 6.16. The van der Waals surface area contributed by atoms with Crippen LogP contribution in [0, 0.1) is 0 Å². The van der Waals surface area contributed by atoms with Gasteiger partial charge in [0.1, 0.15) is 5.75 Å². The molecule has 0 saturated carbocycles. The molecule has 12 heteroatoms. The van der Waals surface area contributed by atoms with E-state index in [1.54, 1.807) is 0 Å². The van der Waals surface area contributed by atoms with Gasteiger partial charge >= 0.3 is 6.36 Å². The number of thiocarbonyl (C=S) groups is 1. The van der Waals surface area contributed by atoms with Gasteiger partial charge in [0.15, 0.2) is 5.69 Å². The second-order valence-electron chi connectivity index (χ2n) is 5.74. The van der Waals surface area contributed by atoms with Crippen LogP contribution in [-0.4, -0.2) is 52.4 Å². The van der Waals surface area contributed by atoms with E-state index in [4.69, 9.17) is 10.5 Å². The summed E-state index contributed by atoms with van der Waals surface area (Å²) in [6.45, 7) is 2.71. The van der Waals surface area contributed by atoms with Crippen molar-refractivity contribution in [3.05, 3.63) is 18.2 Å². The van der Waals surface area contributed by atoms with Crippen LogP contribution in [0.5, 0.6) is 11.6 Å². The molecule has 27 heavy (non-hydrogen) atoms. The normalized spacial score (nSPS) is 16.3. The molecule has 0 aliphatic carbocycles. The minimum Gasteiger partial charge on any atom is -0.493 e. The number of alkyl halides is 3. The van der Waals surface area contributed by atoms with Crippen molar-refractivity contribution in [1.29, 1.82) is 0 Å². The van der Waals surface area contributed by atoms with Crippen molar-refractivity contribution >= 4 is 33.9 Å². The highest BCUT2D eigenvalue weighted by Crippen LogP contribution is 2.41. The fourth-order valence-corrected chi connectivity index (χ4v) is 2.82. The molecule has 3 N–H and O–H groups in total. The number of hydrogen-bond donors (Lipinski definition) is 2. The van der Waals surface area contributed by atoms with Gasteiger partial charge in [-0.2, -0.15) is 0 Å². The zero-order valence-electron chi connectivity index (χ0n) is 13.9. The predicted octanol–water partition coefficient (Wildman–Crippen LogP) is 2.86. The van der Waals surface area contributed by atoms with E-state index in [1.807, 2.05) is 4.90 Å². The molecule has 1 aliphatic heterocycles. The molecule has 0 atom stereocenters. The lowest BCUT2D eigenvalue weighted by Crippen LogP contribution is -2.37. The van der Waals surface area contributed by atoms with Gasteiger partial charge < -0.3 is 20.3 Å². The minimum absolute atomic E-state index is 0.0429. The van der Waals surface area contributed by atoms with Crippen LogP contribution in [0.25, 0.3) is 10.9 Å². The van der Waals surface area contributed by atoms with Gasteiger partial charge in [0, 0.05) is 18.5 Å². The molecular weight excluding hydrogens is 387 g/mol. The highest BCUT2D eigenvalue weighted by atomic mass is 32.1. The van der Waals surface area contributed by atoms with Gasteiger partial charge in [-0.15, -0.1) is 23.4 Å². The number of ether oxygens (including phenoxy) is 2. The van der Waals surface area contributed by atoms with Gasteiger partial charge in [0.2, 0.25) is 11.0 Å². The van der Waals surface area contributed by atoms with Crippen LogP contribution in [0.15, 0.2) is 28.4 Å². The third-order valence-corrected chi connectivity index (χ3v) is 3.99. The van der Waals surface area contributed by atoms with Gasteiger partial charge in [-0.25, -0.2) is 0 Å². The molecule has 1 aromatic heterocycles. The van der Waals surface area contributed by atoms with E-state index in [0.29, 0.717) is 38.5 Å². The summed E-state index contributed by atoms with van der Waals surface area (Å²) in [5, 5.41) is 17.9. The summed E-state index contributed by atoms with van der Waals surface area (Å²) in [5.74, 6) is -0.703. The molecule has 0 amide bonds. The zero-order chi connectivity index (χ0) is 19.6. The van der Waals surface area contributed by atoms with Gasteiger partial charge in [-0.1, -0.05) is 0 Å². The SMILES string of the molecule is NC(=S)N=Nc1c(O)n(CN2CCOCC2)c2ccc(OC(F)(F)F)cc12. The average Bonchev–Trinajstić information content (AvgIpc) is 2.84. The fourth-order valence-electron chi connectivity index (χ4n) is 2.78. The average molecular weight is 403 g/mol. The van der Waals surface area contributed by atoms with E-state index in [2.05, 4.69) is 27.2 Å². The summed E-state index contributed by atoms with van der Waals surface area (Å²) in [4.78, 5) is 2.03. The fraction of sp³-hybridized carbons (Fsp3) is 0.400. The predicted molar refractivity (Wildman–Crippen MR) is 94.0 cm³/mol. The van der Waals surface area contributed by atoms with Crippen LogP contribution in [0.1, 0.15) is 0 Å². The molecule has 1 aromatic carbocycles. The van der Waals surface area contributed by atoms with Crippen LogP contribution in [0.3, 0.4) is 0 Å². The highest BCUT2D eigenvalue weighted by molar-refractivity contribution is 7.80. The summed E-state index contributed by atoms with van der Waals surface area (Å²) in [6, 6.07) is 3.71. The van der Waals surface area contributed by atoms with Crippen molar-refractivity contribution in [2.24, 2.45) is 16.0 Å². The Kier molecular flexibility index (Phi) is 5.48. The lowest BCUT2D eigenvalue weighted by Gasteiger charge is -2.27. The molecule has 1 fully saturated rings. The van der Waals surface area contributed by atoms with Crippen LogP contribution in [0.2, 0.25) is 0 Å². The summed E-state index contributed by atoms with van der Waals surface area (Å²) < 4.78 is 48.3. The maximum atomic E-state index is 12.5. The number of benzene rings is 1. The van der Waals surface area contributed by atoms with E-state index in [-0.39, 0.29) is 22.1 Å². The van der Waals surface area contributed by atoms with Crippen molar-refractivity contribution in [3.63, 3.8) is 0 Å². The molecule has 0 bridgehead atoms. The van der Waals surface area contributed by atoms with Crippen molar-refractivity contribution in [2.75, 3.05) is 26.3 Å². The summed E-state index contributed by atoms with van der Waals surface area (Å²) in [7, 11) is 0. The minimum atomic E-state index is -4.84. The topological polar surface area (TPSA) is 97.6 Å². The van der Waals surface area contributed by atoms with Gasteiger partial charge in [-0.3, -0.25) is 9.47 Å². The van der Waals surface area contributed by atoms with E-state index in [0.717, 1.165) is 6.07 Å². The number of morpholine rings is 1. The largest absolute Gasteiger partial charge is 0.573 e. The first-order chi connectivity index (χ1) is 12.7. The first-order valence-corrected chi connectivity index (χ1v) is 8.27. The number of azo groups is 1. The summed E-state index contributed by atoms with van der Waals surface area (Å²) in [5.41, 5.74) is 5.71. The quantitative estimate of drug-likeness (QED) is 0.602. The molecule has 0 radical (unpaired) electrons. The van der Waals surface area contributed by atoms with Crippen LogP contribution in [-0.2, 0) is 11.4 Å². The molecule has 1 saturated heterocycles. The second kappa shape index (κ2) is 7.66. The number of hydrogen-bond acceptors (Lipinski definition) is 6. The Morgan fingerprint density at radius 3 is 2.67 bits per heavy atom. The number of nitrogens with zero attached hydrogens (tertiary/aromatic N) is 4. The van der Waals surface area contributed by atoms with E-state index in [9.17, 15) is 18.3 Å². The van der Waals surface area contributed by atoms with Crippen molar-refractivity contribution in [3.8, 4) is 11.6 Å². The number of halogens is 3. The Morgan fingerprint density at radius 2 is 2.04 bits per heavy atom. The monoisotopic (exact) mass is 403 g/mol. The molecule has 3 rings (SSSR count). The van der Waals surface area contributed by atoms with Crippen molar-refractivity contribution in [2.45, 2.75) is 13.0 Å². The highest BCUT2D eigenvalue weighted by Gasteiger charge is 2.31. The molecule has 8 nitrogen and oxygen atoms in total. The number of fused-ring (bicyclic) bond motifs is 1. The van der Waals surface area contributed by atoms with Crippen LogP contribution >= 0.6 is 12.2 Å². The standard InChI is InChI=1S/C15H16F3N5O3S/c16-15(17,18)26-9-1-2-11-10(7-9)12(20-21-14(19)27)13(24)23(11)8-22-3-5-25-6-4-22/h1-2,7,24H,3-6,8H2,(H2,19,27). The number of rotatable bonds is 4. The number of nitrogens with two attached hydrogens (primary N) is 1. The lowest BCUT2D eigenvalue weighted by atomic mass is 10.2. The molecule has 1 aliphatic rings. The zero-order valence-corrected chi connectivity index (χ0v) is 14.8. The van der Waals surface area contributed by atoms with Gasteiger partial charge in [0.05, 0.1) is 25.4 Å². The molecular formula is C15H16F3N5O3S. The number of aromatic nitrogens is 1. The first kappa shape index (κ1) is 19.3. The smallest absolute Gasteiger partial charge is 0.493 e. The van der Waals surface area contributed by atoms with E-state index < -0.39 is 12.1 Å². The van der Waals surface area contributed by atoms with Crippen molar-refractivity contribution in [1.82, 2.24) is 9.47 Å². The Bertz CT molecular complexity index is 878. The van der Waals surface area contributed by atoms with E-state index in [1.165, 1.54) is 16.7 Å². The summed E-state index contributed by atoms with van der Waals surface area (Å²) >= 11 is 4.63. The Hall–Kier alpha value is -2.44. The molecule has 0 unspecified atom stereocenters. The molecule has 2 aromatic rings. The van der Waals surface area contributed by atoms with Crippen molar-refractivity contribution < 1.29 is 27.8 Å². The van der Waals surface area contributed by atoms with Crippen LogP contribution < -0.4 is 10.5 Å². The van der Waals surface area contributed by atoms with Crippen LogP contribution in [0.4, 0.5) is 18.9 Å². The Balaban J connectivity index is 2.06. The molecule has 0 spiro atoms. The van der Waals surface area contributed by atoms with E-state index >= 15 is 0 Å². The third-order valence-electron chi connectivity index (χ3n) is 3.91. The molecule has 146 valence electrons. The Labute approximate surface area is 157 Å².